The minimum Gasteiger partial charge on any atom is -0.468 e. The summed E-state index contributed by atoms with van der Waals surface area (Å²) in [5, 5.41) is -0.396. The first-order chi connectivity index (χ1) is 7.65. The van der Waals surface area contributed by atoms with Crippen molar-refractivity contribution in [2.24, 2.45) is 0 Å². The second kappa shape index (κ2) is 9.76. The van der Waals surface area contributed by atoms with Crippen LogP contribution in [0.15, 0.2) is 30.3 Å². The number of hydrogen-bond donors (Lipinski definition) is 0. The van der Waals surface area contributed by atoms with E-state index >= 15 is 0 Å². The minimum absolute atomic E-state index is 0.194. The van der Waals surface area contributed by atoms with Crippen molar-refractivity contribution in [1.29, 1.82) is 0 Å². The van der Waals surface area contributed by atoms with E-state index in [1.165, 1.54) is 7.11 Å². The van der Waals surface area contributed by atoms with Crippen molar-refractivity contribution in [3.63, 3.8) is 0 Å². The number of hydrogen-bond acceptors (Lipinski definition) is 2. The van der Waals surface area contributed by atoms with E-state index in [1.807, 2.05) is 30.3 Å². The fourth-order valence-corrected chi connectivity index (χ4v) is 1.30. The Morgan fingerprint density at radius 2 is 1.81 bits per heavy atom. The number of rotatable bonds is 3. The number of benzene rings is 1. The second-order valence-corrected chi connectivity index (χ2v) is 4.12. The van der Waals surface area contributed by atoms with E-state index in [4.69, 9.17) is 34.8 Å². The van der Waals surface area contributed by atoms with Gasteiger partial charge in [-0.3, -0.25) is 4.79 Å². The zero-order valence-corrected chi connectivity index (χ0v) is 11.1. The smallest absolute Gasteiger partial charge is 0.324 e. The zero-order chi connectivity index (χ0) is 12.4. The SMILES string of the molecule is COC(=O)C(Cl)Cc1ccccc1.ClCCl. The van der Waals surface area contributed by atoms with Crippen LogP contribution in [0.1, 0.15) is 5.56 Å². The van der Waals surface area contributed by atoms with Gasteiger partial charge in [0, 0.05) is 0 Å². The van der Waals surface area contributed by atoms with Crippen molar-refractivity contribution in [2.75, 3.05) is 12.4 Å². The van der Waals surface area contributed by atoms with Crippen LogP contribution in [0.5, 0.6) is 0 Å². The first-order valence-corrected chi connectivity index (χ1v) is 6.04. The molecule has 0 bridgehead atoms. The van der Waals surface area contributed by atoms with Crippen molar-refractivity contribution in [2.45, 2.75) is 11.8 Å². The molecular formula is C11H13Cl3O2. The predicted molar refractivity (Wildman–Crippen MR) is 68.4 cm³/mol. The average Bonchev–Trinajstić information content (AvgIpc) is 2.30. The van der Waals surface area contributed by atoms with Crippen LogP contribution in [0.25, 0.3) is 0 Å². The molecule has 16 heavy (non-hydrogen) atoms. The number of methoxy groups -OCH3 is 1. The Labute approximate surface area is 110 Å². The van der Waals surface area contributed by atoms with Crippen LogP contribution in [0.4, 0.5) is 0 Å². The third kappa shape index (κ3) is 6.94. The number of halogens is 3. The summed E-state index contributed by atoms with van der Waals surface area (Å²) >= 11 is 15.3. The van der Waals surface area contributed by atoms with Crippen LogP contribution in [0, 0.1) is 0 Å². The summed E-state index contributed by atoms with van der Waals surface area (Å²) in [6.45, 7) is 0. The van der Waals surface area contributed by atoms with Crippen LogP contribution in [-0.4, -0.2) is 23.8 Å². The van der Waals surface area contributed by atoms with Crippen molar-refractivity contribution < 1.29 is 9.53 Å². The number of carbonyl (C=O) groups is 1. The van der Waals surface area contributed by atoms with Gasteiger partial charge in [-0.15, -0.1) is 34.8 Å². The number of ether oxygens (including phenoxy) is 1. The Balaban J connectivity index is 0.000000673. The molecule has 0 radical (unpaired) electrons. The van der Waals surface area contributed by atoms with Crippen molar-refractivity contribution in [1.82, 2.24) is 0 Å². The molecule has 1 aromatic carbocycles. The maximum absolute atomic E-state index is 11.0. The molecule has 5 heteroatoms. The molecule has 0 N–H and O–H groups in total. The van der Waals surface area contributed by atoms with Gasteiger partial charge in [0.1, 0.15) is 5.38 Å². The van der Waals surface area contributed by atoms with Gasteiger partial charge in [0.25, 0.3) is 0 Å². The largest absolute Gasteiger partial charge is 0.468 e. The summed E-state index contributed by atoms with van der Waals surface area (Å²) in [5.74, 6) is -0.384. The number of esters is 1. The zero-order valence-electron chi connectivity index (χ0n) is 8.83. The van der Waals surface area contributed by atoms with E-state index < -0.39 is 5.38 Å². The van der Waals surface area contributed by atoms with Gasteiger partial charge in [-0.25, -0.2) is 0 Å². The number of alkyl halides is 3. The summed E-state index contributed by atoms with van der Waals surface area (Å²) in [5.41, 5.74) is 1.04. The van der Waals surface area contributed by atoms with Crippen molar-refractivity contribution in [3.8, 4) is 0 Å². The van der Waals surface area contributed by atoms with E-state index in [2.05, 4.69) is 4.74 Å². The molecule has 1 rings (SSSR count). The Morgan fingerprint density at radius 3 is 2.25 bits per heavy atom. The highest BCUT2D eigenvalue weighted by molar-refractivity contribution is 6.40. The molecule has 0 aliphatic rings. The van der Waals surface area contributed by atoms with Crippen LogP contribution >= 0.6 is 34.8 Å². The Kier molecular flexibility index (Phi) is 9.49. The molecule has 0 fully saturated rings. The molecule has 0 aromatic heterocycles. The highest BCUT2D eigenvalue weighted by atomic mass is 35.5. The molecule has 90 valence electrons. The maximum atomic E-state index is 11.0. The van der Waals surface area contributed by atoms with Crippen molar-refractivity contribution in [3.05, 3.63) is 35.9 Å². The molecule has 2 nitrogen and oxygen atoms in total. The summed E-state index contributed by atoms with van der Waals surface area (Å²) in [4.78, 5) is 11.0. The molecule has 1 aromatic rings. The topological polar surface area (TPSA) is 26.3 Å². The lowest BCUT2D eigenvalue weighted by atomic mass is 10.1. The highest BCUT2D eigenvalue weighted by Crippen LogP contribution is 2.08. The highest BCUT2D eigenvalue weighted by Gasteiger charge is 2.15. The Morgan fingerprint density at radius 1 is 1.31 bits per heavy atom. The van der Waals surface area contributed by atoms with Gasteiger partial charge in [0.2, 0.25) is 0 Å². The lowest BCUT2D eigenvalue weighted by Crippen LogP contribution is -2.18. The van der Waals surface area contributed by atoms with Gasteiger partial charge in [0.05, 0.1) is 12.4 Å². The van der Waals surface area contributed by atoms with E-state index in [0.717, 1.165) is 5.56 Å². The Hall–Kier alpha value is -0.440. The lowest BCUT2D eigenvalue weighted by molar-refractivity contribution is -0.140. The summed E-state index contributed by atoms with van der Waals surface area (Å²) in [6.07, 6.45) is 0.509. The molecule has 0 saturated carbocycles. The van der Waals surface area contributed by atoms with E-state index in [-0.39, 0.29) is 11.3 Å². The standard InChI is InChI=1S/C10H11ClO2.CH2Cl2/c1-13-10(12)9(11)7-8-5-3-2-4-6-8;2-1-3/h2-6,9H,7H2,1H3;1H2. The maximum Gasteiger partial charge on any atom is 0.324 e. The number of carbonyl (C=O) groups excluding carboxylic acids is 1. The van der Waals surface area contributed by atoms with Gasteiger partial charge < -0.3 is 4.74 Å². The van der Waals surface area contributed by atoms with E-state index in [0.29, 0.717) is 6.42 Å². The third-order valence-electron chi connectivity index (χ3n) is 1.71. The van der Waals surface area contributed by atoms with Gasteiger partial charge in [0.15, 0.2) is 0 Å². The summed E-state index contributed by atoms with van der Waals surface area (Å²) in [7, 11) is 1.34. The Bertz CT molecular complexity index is 291. The second-order valence-electron chi connectivity index (χ2n) is 2.78. The molecule has 0 aliphatic heterocycles. The molecule has 1 atom stereocenters. The van der Waals surface area contributed by atoms with Gasteiger partial charge in [-0.1, -0.05) is 30.3 Å². The van der Waals surface area contributed by atoms with Crippen LogP contribution in [0.3, 0.4) is 0 Å². The van der Waals surface area contributed by atoms with Gasteiger partial charge in [-0.05, 0) is 12.0 Å². The lowest BCUT2D eigenvalue weighted by Gasteiger charge is -2.06. The van der Waals surface area contributed by atoms with Gasteiger partial charge >= 0.3 is 5.97 Å². The fourth-order valence-electron chi connectivity index (χ4n) is 1.03. The van der Waals surface area contributed by atoms with Crippen LogP contribution < -0.4 is 0 Å². The van der Waals surface area contributed by atoms with Crippen LogP contribution in [0.2, 0.25) is 0 Å². The average molecular weight is 284 g/mol. The predicted octanol–water partition coefficient (Wildman–Crippen LogP) is 3.43. The van der Waals surface area contributed by atoms with Gasteiger partial charge in [-0.2, -0.15) is 0 Å². The van der Waals surface area contributed by atoms with Crippen molar-refractivity contribution >= 4 is 40.8 Å². The molecular weight excluding hydrogens is 270 g/mol. The normalized spacial score (nSPS) is 11.0. The van der Waals surface area contributed by atoms with Crippen LogP contribution in [-0.2, 0) is 16.0 Å². The molecule has 0 heterocycles. The summed E-state index contributed by atoms with van der Waals surface area (Å²) in [6, 6.07) is 9.61. The van der Waals surface area contributed by atoms with E-state index in [9.17, 15) is 4.79 Å². The van der Waals surface area contributed by atoms with E-state index in [1.54, 1.807) is 0 Å². The molecule has 0 aliphatic carbocycles. The summed E-state index contributed by atoms with van der Waals surface area (Å²) < 4.78 is 4.51. The first-order valence-electron chi connectivity index (χ1n) is 4.53. The first kappa shape index (κ1) is 15.6. The molecule has 1 unspecified atom stereocenters. The monoisotopic (exact) mass is 282 g/mol. The quantitative estimate of drug-likeness (QED) is 0.627. The third-order valence-corrected chi connectivity index (χ3v) is 2.05. The molecule has 0 amide bonds. The minimum atomic E-state index is -0.590. The fraction of sp³-hybridized carbons (Fsp3) is 0.364. The molecule has 0 spiro atoms. The molecule has 0 saturated heterocycles.